The van der Waals surface area contributed by atoms with E-state index in [1.807, 2.05) is 12.1 Å². The van der Waals surface area contributed by atoms with Crippen LogP contribution in [0.15, 0.2) is 18.2 Å². The third-order valence-electron chi connectivity index (χ3n) is 2.85. The van der Waals surface area contributed by atoms with E-state index in [4.69, 9.17) is 5.73 Å². The number of nitrogens with two attached hydrogens (primary N) is 1. The highest BCUT2D eigenvalue weighted by Crippen LogP contribution is 2.20. The maximum Gasteiger partial charge on any atom is 0.120 e. The Balaban J connectivity index is 0. The average Bonchev–Trinajstić information content (AvgIpc) is 2.32. The maximum atomic E-state index is 9.85. The van der Waals surface area contributed by atoms with Crippen molar-refractivity contribution in [2.24, 2.45) is 5.73 Å². The van der Waals surface area contributed by atoms with Gasteiger partial charge in [-0.1, -0.05) is 19.9 Å². The highest BCUT2D eigenvalue weighted by atomic mass is 35.5. The first kappa shape index (κ1) is 20.8. The van der Waals surface area contributed by atoms with Gasteiger partial charge in [0, 0.05) is 18.7 Å². The highest BCUT2D eigenvalue weighted by molar-refractivity contribution is 5.85. The Bertz CT molecular complexity index is 342. The average molecular weight is 309 g/mol. The molecule has 0 spiro atoms. The largest absolute Gasteiger partial charge is 0.508 e. The van der Waals surface area contributed by atoms with Crippen LogP contribution in [0, 0.1) is 0 Å². The minimum absolute atomic E-state index is 0. The minimum atomic E-state index is 0. The summed E-state index contributed by atoms with van der Waals surface area (Å²) in [6.45, 7) is 7.83. The van der Waals surface area contributed by atoms with E-state index in [1.54, 1.807) is 6.07 Å². The molecule has 0 atom stereocenters. The number of aromatic hydroxyl groups is 1. The second-order valence-electron chi connectivity index (χ2n) is 4.44. The van der Waals surface area contributed by atoms with Gasteiger partial charge in [0.25, 0.3) is 0 Å². The van der Waals surface area contributed by atoms with Gasteiger partial charge in [-0.05, 0) is 43.6 Å². The van der Waals surface area contributed by atoms with E-state index in [2.05, 4.69) is 18.7 Å². The molecule has 0 fully saturated rings. The summed E-state index contributed by atoms with van der Waals surface area (Å²) in [6, 6.07) is 5.63. The Morgan fingerprint density at radius 3 is 2.16 bits per heavy atom. The number of hydrogen-bond donors (Lipinski definition) is 2. The van der Waals surface area contributed by atoms with Crippen LogP contribution in [-0.2, 0) is 13.1 Å². The van der Waals surface area contributed by atoms with Crippen LogP contribution in [0.3, 0.4) is 0 Å². The molecule has 1 aromatic rings. The van der Waals surface area contributed by atoms with Crippen molar-refractivity contribution in [1.82, 2.24) is 4.90 Å². The molecule has 1 rings (SSSR count). The van der Waals surface area contributed by atoms with Gasteiger partial charge in [-0.3, -0.25) is 4.90 Å². The van der Waals surface area contributed by atoms with Crippen LogP contribution in [0.4, 0.5) is 0 Å². The van der Waals surface area contributed by atoms with Gasteiger partial charge in [0.15, 0.2) is 0 Å². The van der Waals surface area contributed by atoms with Crippen molar-refractivity contribution in [3.8, 4) is 5.75 Å². The maximum absolute atomic E-state index is 9.85. The summed E-state index contributed by atoms with van der Waals surface area (Å²) in [6.07, 6.45) is 2.27. The first-order valence-corrected chi connectivity index (χ1v) is 6.44. The van der Waals surface area contributed by atoms with Gasteiger partial charge in [-0.2, -0.15) is 0 Å². The summed E-state index contributed by atoms with van der Waals surface area (Å²) in [7, 11) is 0. The summed E-state index contributed by atoms with van der Waals surface area (Å²) < 4.78 is 0. The Morgan fingerprint density at radius 1 is 1.11 bits per heavy atom. The van der Waals surface area contributed by atoms with E-state index in [0.29, 0.717) is 12.3 Å². The third-order valence-corrected chi connectivity index (χ3v) is 2.85. The monoisotopic (exact) mass is 308 g/mol. The summed E-state index contributed by atoms with van der Waals surface area (Å²) in [5.74, 6) is 0.374. The van der Waals surface area contributed by atoms with Crippen molar-refractivity contribution < 1.29 is 5.11 Å². The van der Waals surface area contributed by atoms with E-state index in [-0.39, 0.29) is 24.8 Å². The standard InChI is InChI=1S/C14H24N2O.2ClH/c1-3-7-16(8-4-2)11-13-9-12(10-15)5-6-14(13)17;;/h5-6,9,17H,3-4,7-8,10-11,15H2,1-2H3;2*1H. The Morgan fingerprint density at radius 2 is 1.68 bits per heavy atom. The summed E-state index contributed by atoms with van der Waals surface area (Å²) in [4.78, 5) is 2.37. The van der Waals surface area contributed by atoms with Crippen molar-refractivity contribution in [3.63, 3.8) is 0 Å². The van der Waals surface area contributed by atoms with Crippen LogP contribution in [0.25, 0.3) is 0 Å². The molecule has 5 heteroatoms. The minimum Gasteiger partial charge on any atom is -0.508 e. The fourth-order valence-corrected chi connectivity index (χ4v) is 2.04. The van der Waals surface area contributed by atoms with Gasteiger partial charge in [-0.15, -0.1) is 24.8 Å². The highest BCUT2D eigenvalue weighted by Gasteiger charge is 2.08. The number of phenols is 1. The Hall–Kier alpha value is -0.480. The van der Waals surface area contributed by atoms with Crippen molar-refractivity contribution in [3.05, 3.63) is 29.3 Å². The van der Waals surface area contributed by atoms with Crippen LogP contribution >= 0.6 is 24.8 Å². The normalized spacial score (nSPS) is 9.89. The molecule has 0 bridgehead atoms. The molecule has 0 aliphatic carbocycles. The zero-order valence-electron chi connectivity index (χ0n) is 11.8. The van der Waals surface area contributed by atoms with E-state index >= 15 is 0 Å². The molecule has 1 aromatic carbocycles. The smallest absolute Gasteiger partial charge is 0.120 e. The molecule has 0 saturated heterocycles. The molecular formula is C14H26Cl2N2O. The van der Waals surface area contributed by atoms with Gasteiger partial charge >= 0.3 is 0 Å². The molecule has 0 amide bonds. The summed E-state index contributed by atoms with van der Waals surface area (Å²) in [5.41, 5.74) is 7.68. The van der Waals surface area contributed by atoms with Gasteiger partial charge in [0.2, 0.25) is 0 Å². The molecular weight excluding hydrogens is 283 g/mol. The Labute approximate surface area is 129 Å². The van der Waals surface area contributed by atoms with Gasteiger partial charge in [-0.25, -0.2) is 0 Å². The SMILES string of the molecule is CCCN(CCC)Cc1cc(CN)ccc1O.Cl.Cl. The molecule has 0 aliphatic rings. The second-order valence-corrected chi connectivity index (χ2v) is 4.44. The predicted octanol–water partition coefficient (Wildman–Crippen LogP) is 3.32. The number of nitrogens with zero attached hydrogens (tertiary/aromatic N) is 1. The number of rotatable bonds is 7. The zero-order valence-corrected chi connectivity index (χ0v) is 13.4. The molecule has 0 radical (unpaired) electrons. The first-order chi connectivity index (χ1) is 8.21. The fourth-order valence-electron chi connectivity index (χ4n) is 2.04. The molecule has 3 nitrogen and oxygen atoms in total. The van der Waals surface area contributed by atoms with Crippen LogP contribution in [-0.4, -0.2) is 23.1 Å². The lowest BCUT2D eigenvalue weighted by atomic mass is 10.1. The zero-order chi connectivity index (χ0) is 12.7. The molecule has 0 aromatic heterocycles. The number of phenolic OH excluding ortho intramolecular Hbond substituents is 1. The molecule has 19 heavy (non-hydrogen) atoms. The van der Waals surface area contributed by atoms with Gasteiger partial charge in [0.05, 0.1) is 0 Å². The molecule has 0 aliphatic heterocycles. The molecule has 112 valence electrons. The lowest BCUT2D eigenvalue weighted by Crippen LogP contribution is -2.25. The molecule has 0 saturated carbocycles. The number of benzene rings is 1. The van der Waals surface area contributed by atoms with Crippen LogP contribution in [0.2, 0.25) is 0 Å². The van der Waals surface area contributed by atoms with Crippen molar-refractivity contribution >= 4 is 24.8 Å². The quantitative estimate of drug-likeness (QED) is 0.812. The van der Waals surface area contributed by atoms with Crippen LogP contribution in [0.1, 0.15) is 37.8 Å². The molecule has 0 unspecified atom stereocenters. The van der Waals surface area contributed by atoms with Gasteiger partial charge in [0.1, 0.15) is 5.75 Å². The fraction of sp³-hybridized carbons (Fsp3) is 0.571. The van der Waals surface area contributed by atoms with E-state index in [1.165, 1.54) is 0 Å². The van der Waals surface area contributed by atoms with Crippen molar-refractivity contribution in [2.45, 2.75) is 39.8 Å². The van der Waals surface area contributed by atoms with Crippen molar-refractivity contribution in [1.29, 1.82) is 0 Å². The lowest BCUT2D eigenvalue weighted by molar-refractivity contribution is 0.262. The van der Waals surface area contributed by atoms with E-state index in [9.17, 15) is 5.11 Å². The van der Waals surface area contributed by atoms with E-state index in [0.717, 1.165) is 43.6 Å². The van der Waals surface area contributed by atoms with E-state index < -0.39 is 0 Å². The summed E-state index contributed by atoms with van der Waals surface area (Å²) >= 11 is 0. The molecule has 0 heterocycles. The number of hydrogen-bond acceptors (Lipinski definition) is 3. The first-order valence-electron chi connectivity index (χ1n) is 6.44. The van der Waals surface area contributed by atoms with Gasteiger partial charge < -0.3 is 10.8 Å². The lowest BCUT2D eigenvalue weighted by Gasteiger charge is -2.21. The number of halogens is 2. The Kier molecular flexibility index (Phi) is 12.4. The van der Waals surface area contributed by atoms with Crippen LogP contribution < -0.4 is 5.73 Å². The van der Waals surface area contributed by atoms with Crippen LogP contribution in [0.5, 0.6) is 5.75 Å². The third kappa shape index (κ3) is 7.02. The predicted molar refractivity (Wildman–Crippen MR) is 86.4 cm³/mol. The summed E-state index contributed by atoms with van der Waals surface area (Å²) in [5, 5.41) is 9.85. The molecule has 3 N–H and O–H groups in total. The second kappa shape index (κ2) is 11.4. The topological polar surface area (TPSA) is 49.5 Å². The van der Waals surface area contributed by atoms with Crippen molar-refractivity contribution in [2.75, 3.05) is 13.1 Å².